The van der Waals surface area contributed by atoms with Crippen molar-refractivity contribution in [1.29, 1.82) is 5.26 Å². The van der Waals surface area contributed by atoms with Crippen LogP contribution in [0.3, 0.4) is 0 Å². The fraction of sp³-hybridized carbons (Fsp3) is 0.276. The number of aromatic nitrogens is 4. The summed E-state index contributed by atoms with van der Waals surface area (Å²) in [6.45, 7) is 6.97. The number of amides is 1. The van der Waals surface area contributed by atoms with Crippen molar-refractivity contribution in [3.05, 3.63) is 83.1 Å². The molecule has 1 aliphatic rings. The molecule has 204 valence electrons. The van der Waals surface area contributed by atoms with Crippen LogP contribution in [-0.4, -0.2) is 55.1 Å². The smallest absolute Gasteiger partial charge is 0.335 e. The minimum absolute atomic E-state index is 0.0588. The molecule has 11 heteroatoms. The number of nitrogens with two attached hydrogens (primary N) is 1. The van der Waals surface area contributed by atoms with Gasteiger partial charge in [-0.25, -0.2) is 14.8 Å². The van der Waals surface area contributed by atoms with E-state index in [2.05, 4.69) is 15.3 Å². The van der Waals surface area contributed by atoms with E-state index in [1.54, 1.807) is 39.8 Å². The number of nitrogen functional groups attached to an aromatic ring is 1. The van der Waals surface area contributed by atoms with E-state index < -0.39 is 5.54 Å². The van der Waals surface area contributed by atoms with Crippen LogP contribution < -0.4 is 21.5 Å². The summed E-state index contributed by atoms with van der Waals surface area (Å²) in [5, 5.41) is 12.9. The van der Waals surface area contributed by atoms with Gasteiger partial charge in [-0.15, -0.1) is 0 Å². The van der Waals surface area contributed by atoms with Gasteiger partial charge in [0.25, 0.3) is 5.91 Å². The number of carbonyl (C=O) groups excluding carboxylic acids is 1. The molecule has 1 saturated heterocycles. The number of likely N-dealkylation sites (N-methyl/N-ethyl adjacent to an activating group) is 1. The Hall–Kier alpha value is -4.95. The Bertz CT molecular complexity index is 1670. The number of likely N-dealkylation sites (tertiary alicyclic amines) is 1. The van der Waals surface area contributed by atoms with Gasteiger partial charge in [-0.2, -0.15) is 5.26 Å². The van der Waals surface area contributed by atoms with Crippen molar-refractivity contribution in [3.63, 3.8) is 0 Å². The van der Waals surface area contributed by atoms with Crippen molar-refractivity contribution >= 4 is 22.9 Å². The number of carbonyl (C=O) groups is 1. The number of nitriles is 1. The molecule has 1 fully saturated rings. The maximum absolute atomic E-state index is 13.8. The highest BCUT2D eigenvalue weighted by atomic mass is 16.5. The zero-order valence-corrected chi connectivity index (χ0v) is 22.5. The lowest BCUT2D eigenvalue weighted by atomic mass is 9.99. The first-order valence-corrected chi connectivity index (χ1v) is 13.0. The number of benzene rings is 2. The highest BCUT2D eigenvalue weighted by Crippen LogP contribution is 2.29. The van der Waals surface area contributed by atoms with Crippen molar-refractivity contribution in [3.8, 4) is 23.3 Å². The van der Waals surface area contributed by atoms with Crippen molar-refractivity contribution in [2.24, 2.45) is 0 Å². The average molecular weight is 539 g/mol. The molecule has 0 aliphatic carbocycles. The Morgan fingerprint density at radius 1 is 1.15 bits per heavy atom. The van der Waals surface area contributed by atoms with Gasteiger partial charge in [0.15, 0.2) is 11.5 Å². The molecule has 40 heavy (non-hydrogen) atoms. The van der Waals surface area contributed by atoms with Crippen molar-refractivity contribution in [2.75, 3.05) is 25.4 Å². The van der Waals surface area contributed by atoms with Crippen LogP contribution in [0.2, 0.25) is 0 Å². The van der Waals surface area contributed by atoms with E-state index >= 15 is 0 Å². The van der Waals surface area contributed by atoms with E-state index in [9.17, 15) is 14.9 Å². The number of imidazole rings is 1. The standard InChI is InChI=1S/C29H30N8O3/c1-4-34-29(2,3)14-19(15-30)27(38)35-16-21(17-35)37-26-24(25(31)32-18-33-26)36(28(37)39)20-10-12-23(13-11-20)40-22-8-6-5-7-9-22/h5-14,18,21,34H,4,16-17H2,1-3H3,(H2,31,32,33)/b19-14-. The normalized spacial score (nSPS) is 14.2. The maximum atomic E-state index is 13.8. The quantitative estimate of drug-likeness (QED) is 0.257. The second-order valence-corrected chi connectivity index (χ2v) is 10.1. The van der Waals surface area contributed by atoms with Gasteiger partial charge < -0.3 is 20.7 Å². The fourth-order valence-corrected chi connectivity index (χ4v) is 4.89. The van der Waals surface area contributed by atoms with E-state index in [1.165, 1.54) is 10.9 Å². The first-order valence-electron chi connectivity index (χ1n) is 13.0. The summed E-state index contributed by atoms with van der Waals surface area (Å²) in [5.74, 6) is 1.11. The summed E-state index contributed by atoms with van der Waals surface area (Å²) >= 11 is 0. The van der Waals surface area contributed by atoms with Gasteiger partial charge in [0.05, 0.1) is 11.7 Å². The first-order chi connectivity index (χ1) is 19.2. The van der Waals surface area contributed by atoms with E-state index in [-0.39, 0.29) is 42.1 Å². The lowest BCUT2D eigenvalue weighted by molar-refractivity contribution is -0.132. The van der Waals surface area contributed by atoms with Gasteiger partial charge in [0.1, 0.15) is 35.0 Å². The van der Waals surface area contributed by atoms with Crippen molar-refractivity contribution < 1.29 is 9.53 Å². The number of nitrogens with zero attached hydrogens (tertiary/aromatic N) is 6. The zero-order valence-electron chi connectivity index (χ0n) is 22.5. The van der Waals surface area contributed by atoms with E-state index in [0.717, 1.165) is 0 Å². The molecule has 0 spiro atoms. The third-order valence-electron chi connectivity index (χ3n) is 6.76. The van der Waals surface area contributed by atoms with Gasteiger partial charge in [0.2, 0.25) is 0 Å². The van der Waals surface area contributed by atoms with E-state index in [1.807, 2.05) is 57.2 Å². The summed E-state index contributed by atoms with van der Waals surface area (Å²) in [6.07, 6.45) is 2.96. The molecule has 5 rings (SSSR count). The first kappa shape index (κ1) is 26.6. The third-order valence-corrected chi connectivity index (χ3v) is 6.76. The molecule has 2 aromatic heterocycles. The largest absolute Gasteiger partial charge is 0.457 e. The Kier molecular flexibility index (Phi) is 7.11. The summed E-state index contributed by atoms with van der Waals surface area (Å²) in [4.78, 5) is 36.9. The molecule has 1 aliphatic heterocycles. The molecule has 11 nitrogen and oxygen atoms in total. The van der Waals surface area contributed by atoms with Crippen LogP contribution in [0.4, 0.5) is 5.82 Å². The minimum atomic E-state index is -0.514. The number of hydrogen-bond acceptors (Lipinski definition) is 8. The molecule has 0 bridgehead atoms. The lowest BCUT2D eigenvalue weighted by Gasteiger charge is -2.39. The molecular formula is C29H30N8O3. The molecule has 3 N–H and O–H groups in total. The van der Waals surface area contributed by atoms with E-state index in [0.29, 0.717) is 34.9 Å². The predicted octanol–water partition coefficient (Wildman–Crippen LogP) is 3.18. The topological polar surface area (TPSA) is 144 Å². The van der Waals surface area contributed by atoms with Gasteiger partial charge >= 0.3 is 5.69 Å². The molecule has 0 radical (unpaired) electrons. The highest BCUT2D eigenvalue weighted by Gasteiger charge is 2.37. The van der Waals surface area contributed by atoms with Gasteiger partial charge in [-0.05, 0) is 62.9 Å². The summed E-state index contributed by atoms with van der Waals surface area (Å²) in [5.41, 5.74) is 6.76. The Morgan fingerprint density at radius 3 is 2.48 bits per heavy atom. The molecule has 1 amide bonds. The van der Waals surface area contributed by atoms with Gasteiger partial charge in [-0.3, -0.25) is 13.9 Å². The Morgan fingerprint density at radius 2 is 1.82 bits per heavy atom. The predicted molar refractivity (Wildman–Crippen MR) is 151 cm³/mol. The Balaban J connectivity index is 1.43. The third kappa shape index (κ3) is 5.04. The van der Waals surface area contributed by atoms with E-state index in [4.69, 9.17) is 10.5 Å². The Labute approximate surface area is 231 Å². The monoisotopic (exact) mass is 538 g/mol. The van der Waals surface area contributed by atoms with Crippen LogP contribution in [-0.2, 0) is 4.79 Å². The van der Waals surface area contributed by atoms with Crippen LogP contribution in [0.1, 0.15) is 26.8 Å². The molecule has 4 aromatic rings. The average Bonchev–Trinajstić information content (AvgIpc) is 3.20. The molecule has 3 heterocycles. The van der Waals surface area contributed by atoms with Crippen LogP contribution in [0.5, 0.6) is 11.5 Å². The number of para-hydroxylation sites is 1. The number of hydrogen-bond donors (Lipinski definition) is 2. The van der Waals surface area contributed by atoms with Crippen LogP contribution in [0.25, 0.3) is 16.9 Å². The van der Waals surface area contributed by atoms with Gasteiger partial charge in [-0.1, -0.05) is 25.1 Å². The molecule has 0 atom stereocenters. The van der Waals surface area contributed by atoms with Crippen LogP contribution in [0, 0.1) is 11.3 Å². The number of anilines is 1. The van der Waals surface area contributed by atoms with Crippen molar-refractivity contribution in [2.45, 2.75) is 32.4 Å². The molecule has 0 saturated carbocycles. The zero-order chi connectivity index (χ0) is 28.4. The second-order valence-electron chi connectivity index (χ2n) is 10.1. The second kappa shape index (κ2) is 10.7. The fourth-order valence-electron chi connectivity index (χ4n) is 4.89. The van der Waals surface area contributed by atoms with Crippen molar-refractivity contribution in [1.82, 2.24) is 29.3 Å². The summed E-state index contributed by atoms with van der Waals surface area (Å²) < 4.78 is 8.89. The SMILES string of the molecule is CCNC(C)(C)/C=C(/C#N)C(=O)N1CC(n2c(=O)n(-c3ccc(Oc4ccccc4)cc3)c3c(N)ncnc32)C1. The molecule has 0 unspecified atom stereocenters. The number of ether oxygens (including phenoxy) is 1. The number of nitrogens with one attached hydrogen (secondary N) is 1. The molecular weight excluding hydrogens is 508 g/mol. The molecule has 2 aromatic carbocycles. The summed E-state index contributed by atoms with van der Waals surface area (Å²) in [7, 11) is 0. The van der Waals surface area contributed by atoms with Crippen LogP contribution in [0.15, 0.2) is 77.4 Å². The number of fused-ring (bicyclic) bond motifs is 1. The maximum Gasteiger partial charge on any atom is 0.335 e. The number of rotatable bonds is 8. The van der Waals surface area contributed by atoms with Gasteiger partial charge in [0, 0.05) is 18.6 Å². The highest BCUT2D eigenvalue weighted by molar-refractivity contribution is 5.98. The lowest BCUT2D eigenvalue weighted by Crippen LogP contribution is -2.53. The summed E-state index contributed by atoms with van der Waals surface area (Å²) in [6, 6.07) is 18.2. The van der Waals surface area contributed by atoms with Crippen LogP contribution >= 0.6 is 0 Å². The minimum Gasteiger partial charge on any atom is -0.457 e.